The largest absolute Gasteiger partial charge is 0.383 e. The molecule has 2 heterocycles. The van der Waals surface area contributed by atoms with Crippen molar-refractivity contribution in [3.63, 3.8) is 0 Å². The molecule has 142 valence electrons. The highest BCUT2D eigenvalue weighted by atomic mass is 32.1. The topological polar surface area (TPSA) is 68.4 Å². The molecule has 0 fully saturated rings. The van der Waals surface area contributed by atoms with Gasteiger partial charge in [0.2, 0.25) is 0 Å². The fourth-order valence-corrected chi connectivity index (χ4v) is 3.12. The maximum Gasteiger partial charge on any atom is 0.187 e. The minimum atomic E-state index is 0.122. The van der Waals surface area contributed by atoms with E-state index in [4.69, 9.17) is 17.0 Å². The zero-order chi connectivity index (χ0) is 19.3. The number of methoxy groups -OCH3 is 1. The number of hydrogen-bond donors (Lipinski definition) is 2. The lowest BCUT2D eigenvalue weighted by atomic mass is 10.3. The molecule has 0 amide bonds. The van der Waals surface area contributed by atoms with Gasteiger partial charge >= 0.3 is 0 Å². The zero-order valence-electron chi connectivity index (χ0n) is 16.3. The van der Waals surface area contributed by atoms with Gasteiger partial charge in [-0.1, -0.05) is 0 Å². The van der Waals surface area contributed by atoms with Crippen LogP contribution in [0.2, 0.25) is 0 Å². The van der Waals surface area contributed by atoms with Crippen LogP contribution in [0.4, 0.5) is 0 Å². The first-order chi connectivity index (χ1) is 12.3. The van der Waals surface area contributed by atoms with Crippen LogP contribution in [0.3, 0.4) is 0 Å². The lowest BCUT2D eigenvalue weighted by Gasteiger charge is -2.15. The van der Waals surface area contributed by atoms with Gasteiger partial charge in [-0.25, -0.2) is 4.68 Å². The van der Waals surface area contributed by atoms with E-state index >= 15 is 0 Å². The van der Waals surface area contributed by atoms with Crippen molar-refractivity contribution in [3.05, 3.63) is 35.3 Å². The van der Waals surface area contributed by atoms with E-state index in [9.17, 15) is 0 Å². The Morgan fingerprint density at radius 2 is 2.12 bits per heavy atom. The molecule has 0 unspecified atom stereocenters. The molecule has 0 bridgehead atoms. The summed E-state index contributed by atoms with van der Waals surface area (Å²) in [5.41, 5.74) is 6.10. The molecule has 2 aromatic heterocycles. The van der Waals surface area contributed by atoms with Crippen molar-refractivity contribution >= 4 is 23.5 Å². The summed E-state index contributed by atoms with van der Waals surface area (Å²) in [5.74, 6) is 1.05. The van der Waals surface area contributed by atoms with E-state index in [0.29, 0.717) is 11.7 Å². The van der Waals surface area contributed by atoms with E-state index in [1.807, 2.05) is 23.9 Å². The quantitative estimate of drug-likeness (QED) is 0.442. The first-order valence-electron chi connectivity index (χ1n) is 8.66. The molecule has 2 aromatic rings. The summed E-state index contributed by atoms with van der Waals surface area (Å²) in [6.45, 7) is 11.0. The van der Waals surface area contributed by atoms with Crippen molar-refractivity contribution in [2.45, 2.75) is 46.7 Å². The molecule has 2 N–H and O–H groups in total. The number of aryl methyl sites for hydroxylation is 1. The number of aromatic nitrogens is 3. The maximum atomic E-state index is 5.23. The van der Waals surface area contributed by atoms with Gasteiger partial charge in [0.05, 0.1) is 19.0 Å². The molecule has 0 saturated heterocycles. The average Bonchev–Trinajstić information content (AvgIpc) is 3.12. The van der Waals surface area contributed by atoms with E-state index in [0.717, 1.165) is 22.8 Å². The molecule has 8 heteroatoms. The fourth-order valence-electron chi connectivity index (χ4n) is 2.86. The smallest absolute Gasteiger partial charge is 0.187 e. The van der Waals surface area contributed by atoms with Crippen molar-refractivity contribution in [1.29, 1.82) is 0 Å². The van der Waals surface area contributed by atoms with Crippen LogP contribution in [0.25, 0.3) is 5.82 Å². The second-order valence-electron chi connectivity index (χ2n) is 6.59. The average molecular weight is 377 g/mol. The van der Waals surface area contributed by atoms with Crippen molar-refractivity contribution < 1.29 is 4.74 Å². The van der Waals surface area contributed by atoms with Gasteiger partial charge in [0, 0.05) is 42.2 Å². The fraction of sp³-hybridized carbons (Fsp3) is 0.500. The summed E-state index contributed by atoms with van der Waals surface area (Å²) in [7, 11) is 1.66. The molecule has 0 radical (unpaired) electrons. The molecule has 0 spiro atoms. The van der Waals surface area contributed by atoms with Crippen LogP contribution in [0.1, 0.15) is 43.8 Å². The number of hydrogen-bond acceptors (Lipinski definition) is 4. The van der Waals surface area contributed by atoms with Gasteiger partial charge < -0.3 is 14.6 Å². The summed E-state index contributed by atoms with van der Waals surface area (Å²) in [4.78, 5) is 0. The van der Waals surface area contributed by atoms with Crippen LogP contribution in [0, 0.1) is 13.8 Å². The standard InChI is InChI=1S/C18H28N6OS/c1-12(2)24-17(7-8-20-24)23-14(4)9-16(15(23)5)10-19-22-18(26)21-13(3)11-25-6/h7-10,12-13H,11H2,1-6H3,(H2,21,22,26)/b19-10-/t13-/m0/s1. The Hall–Kier alpha value is -2.19. The van der Waals surface area contributed by atoms with Gasteiger partial charge in [-0.2, -0.15) is 10.2 Å². The van der Waals surface area contributed by atoms with Gasteiger partial charge in [-0.3, -0.25) is 5.43 Å². The summed E-state index contributed by atoms with van der Waals surface area (Å²) in [6, 6.07) is 4.53. The highest BCUT2D eigenvalue weighted by molar-refractivity contribution is 7.80. The molecule has 0 aliphatic rings. The third-order valence-corrected chi connectivity index (χ3v) is 4.21. The predicted octanol–water partition coefficient (Wildman–Crippen LogP) is 2.70. The molecule has 0 aliphatic heterocycles. The van der Waals surface area contributed by atoms with Crippen LogP contribution in [0.5, 0.6) is 0 Å². The lowest BCUT2D eigenvalue weighted by molar-refractivity contribution is 0.179. The zero-order valence-corrected chi connectivity index (χ0v) is 17.1. The van der Waals surface area contributed by atoms with Gasteiger partial charge in [-0.05, 0) is 52.9 Å². The van der Waals surface area contributed by atoms with Crippen molar-refractivity contribution in [2.24, 2.45) is 5.10 Å². The number of nitrogens with zero attached hydrogens (tertiary/aromatic N) is 4. The maximum absolute atomic E-state index is 5.23. The Morgan fingerprint density at radius 1 is 1.38 bits per heavy atom. The minimum absolute atomic E-state index is 0.122. The van der Waals surface area contributed by atoms with Gasteiger partial charge in [0.15, 0.2) is 5.11 Å². The normalized spacial score (nSPS) is 12.7. The van der Waals surface area contributed by atoms with E-state index in [1.54, 1.807) is 13.3 Å². The number of nitrogens with one attached hydrogen (secondary N) is 2. The summed E-state index contributed by atoms with van der Waals surface area (Å²) in [5, 5.41) is 12.3. The highest BCUT2D eigenvalue weighted by Gasteiger charge is 2.14. The van der Waals surface area contributed by atoms with E-state index in [-0.39, 0.29) is 12.1 Å². The Bertz CT molecular complexity index is 777. The molecular weight excluding hydrogens is 348 g/mol. The SMILES string of the molecule is COC[C@H](C)NC(=S)N/N=C\c1cc(C)n(-c2ccnn2C(C)C)c1C. The second kappa shape index (κ2) is 8.95. The number of hydrazone groups is 1. The van der Waals surface area contributed by atoms with Gasteiger partial charge in [0.1, 0.15) is 5.82 Å². The van der Waals surface area contributed by atoms with E-state index in [1.165, 1.54) is 0 Å². The molecule has 2 rings (SSSR count). The number of thiocarbonyl (C=S) groups is 1. The molecule has 1 atom stereocenters. The minimum Gasteiger partial charge on any atom is -0.383 e. The van der Waals surface area contributed by atoms with Crippen LogP contribution in [0.15, 0.2) is 23.4 Å². The van der Waals surface area contributed by atoms with Crippen LogP contribution in [-0.4, -0.2) is 45.4 Å². The first kappa shape index (κ1) is 20.1. The van der Waals surface area contributed by atoms with Crippen LogP contribution >= 0.6 is 12.2 Å². The second-order valence-corrected chi connectivity index (χ2v) is 7.00. The Balaban J connectivity index is 2.13. The summed E-state index contributed by atoms with van der Waals surface area (Å²) in [6.07, 6.45) is 3.61. The van der Waals surface area contributed by atoms with Crippen molar-refractivity contribution in [3.8, 4) is 5.82 Å². The molecule has 0 aromatic carbocycles. The third-order valence-electron chi connectivity index (χ3n) is 4.00. The van der Waals surface area contributed by atoms with Crippen molar-refractivity contribution in [2.75, 3.05) is 13.7 Å². The third kappa shape index (κ3) is 4.70. The summed E-state index contributed by atoms with van der Waals surface area (Å²) >= 11 is 5.23. The number of ether oxygens (including phenoxy) is 1. The van der Waals surface area contributed by atoms with Crippen molar-refractivity contribution in [1.82, 2.24) is 25.1 Å². The molecular formula is C18H28N6OS. The Labute approximate surface area is 160 Å². The van der Waals surface area contributed by atoms with Gasteiger partial charge in [0.25, 0.3) is 0 Å². The molecule has 26 heavy (non-hydrogen) atoms. The highest BCUT2D eigenvalue weighted by Crippen LogP contribution is 2.21. The Kier molecular flexibility index (Phi) is 6.93. The number of rotatable bonds is 7. The van der Waals surface area contributed by atoms with E-state index in [2.05, 4.69) is 59.3 Å². The monoisotopic (exact) mass is 376 g/mol. The predicted molar refractivity (Wildman–Crippen MR) is 109 cm³/mol. The summed E-state index contributed by atoms with van der Waals surface area (Å²) < 4.78 is 9.27. The van der Waals surface area contributed by atoms with Gasteiger partial charge in [-0.15, -0.1) is 0 Å². The van der Waals surface area contributed by atoms with Crippen LogP contribution < -0.4 is 10.7 Å². The molecule has 0 aliphatic carbocycles. The lowest BCUT2D eigenvalue weighted by Crippen LogP contribution is -2.40. The molecule has 0 saturated carbocycles. The van der Waals surface area contributed by atoms with E-state index < -0.39 is 0 Å². The Morgan fingerprint density at radius 3 is 2.77 bits per heavy atom. The van der Waals surface area contributed by atoms with Crippen LogP contribution in [-0.2, 0) is 4.74 Å². The molecule has 7 nitrogen and oxygen atoms in total. The first-order valence-corrected chi connectivity index (χ1v) is 9.07.